The number of halogens is 2. The quantitative estimate of drug-likeness (QED) is 0.569. The van der Waals surface area contributed by atoms with Crippen LogP contribution in [0.25, 0.3) is 10.8 Å². The van der Waals surface area contributed by atoms with E-state index in [4.69, 9.17) is 23.2 Å². The smallest absolute Gasteiger partial charge is 0.228 e. The molecular weight excluding hydrogens is 391 g/mol. The van der Waals surface area contributed by atoms with Crippen LogP contribution in [0.5, 0.6) is 0 Å². The van der Waals surface area contributed by atoms with Crippen molar-refractivity contribution in [3.63, 3.8) is 0 Å². The van der Waals surface area contributed by atoms with Gasteiger partial charge in [0.2, 0.25) is 5.91 Å². The standard InChI is InChI=1S/C23H22Cl2N2O/c24-19-11-20(25)13-21(12-19)26-23(28)18-8-4-10-27(15-18)14-17-7-3-6-16-5-1-2-9-22(16)17/h1-3,5-7,9,11-13,18H,4,8,10,14-15H2,(H,26,28). The second kappa shape index (κ2) is 8.52. The number of carbonyl (C=O) groups is 1. The molecule has 1 N–H and O–H groups in total. The minimum absolute atomic E-state index is 0.0287. The molecule has 0 bridgehead atoms. The fourth-order valence-electron chi connectivity index (χ4n) is 3.95. The molecule has 3 nitrogen and oxygen atoms in total. The van der Waals surface area contributed by atoms with E-state index in [0.29, 0.717) is 15.7 Å². The molecule has 0 spiro atoms. The Hall–Kier alpha value is -2.07. The van der Waals surface area contributed by atoms with E-state index in [0.717, 1.165) is 32.5 Å². The Morgan fingerprint density at radius 2 is 1.79 bits per heavy atom. The molecule has 0 aromatic heterocycles. The van der Waals surface area contributed by atoms with Crippen LogP contribution >= 0.6 is 23.2 Å². The van der Waals surface area contributed by atoms with Crippen LogP contribution in [0.1, 0.15) is 18.4 Å². The molecule has 1 heterocycles. The number of fused-ring (bicyclic) bond motifs is 1. The molecule has 1 aliphatic heterocycles. The van der Waals surface area contributed by atoms with E-state index < -0.39 is 0 Å². The van der Waals surface area contributed by atoms with Gasteiger partial charge in [-0.1, -0.05) is 65.7 Å². The second-order valence-electron chi connectivity index (χ2n) is 7.36. The Morgan fingerprint density at radius 3 is 2.61 bits per heavy atom. The van der Waals surface area contributed by atoms with Crippen molar-refractivity contribution < 1.29 is 4.79 Å². The van der Waals surface area contributed by atoms with Crippen LogP contribution in [-0.2, 0) is 11.3 Å². The Bertz CT molecular complexity index is 979. The summed E-state index contributed by atoms with van der Waals surface area (Å²) in [6.07, 6.45) is 1.91. The monoisotopic (exact) mass is 412 g/mol. The predicted molar refractivity (Wildman–Crippen MR) is 117 cm³/mol. The number of piperidine rings is 1. The minimum atomic E-state index is -0.0403. The summed E-state index contributed by atoms with van der Waals surface area (Å²) < 4.78 is 0. The van der Waals surface area contributed by atoms with Crippen LogP contribution in [0.2, 0.25) is 10.0 Å². The maximum absolute atomic E-state index is 12.8. The summed E-state index contributed by atoms with van der Waals surface area (Å²) in [6.45, 7) is 2.62. The van der Waals surface area contributed by atoms with Crippen LogP contribution < -0.4 is 5.32 Å². The average Bonchev–Trinajstić information content (AvgIpc) is 2.68. The van der Waals surface area contributed by atoms with Gasteiger partial charge in [-0.25, -0.2) is 0 Å². The van der Waals surface area contributed by atoms with E-state index in [1.54, 1.807) is 18.2 Å². The van der Waals surface area contributed by atoms with Gasteiger partial charge in [0.05, 0.1) is 5.92 Å². The van der Waals surface area contributed by atoms with Gasteiger partial charge >= 0.3 is 0 Å². The van der Waals surface area contributed by atoms with Gasteiger partial charge in [0.25, 0.3) is 0 Å². The topological polar surface area (TPSA) is 32.3 Å². The summed E-state index contributed by atoms with van der Waals surface area (Å²) in [7, 11) is 0. The van der Waals surface area contributed by atoms with E-state index in [9.17, 15) is 4.79 Å². The predicted octanol–water partition coefficient (Wildman–Crippen LogP) is 6.00. The lowest BCUT2D eigenvalue weighted by Gasteiger charge is -2.32. The summed E-state index contributed by atoms with van der Waals surface area (Å²) in [5.74, 6) is -0.0116. The Kier molecular flexibility index (Phi) is 5.86. The number of carbonyl (C=O) groups excluding carboxylic acids is 1. The van der Waals surface area contributed by atoms with Crippen LogP contribution in [0.3, 0.4) is 0 Å². The largest absolute Gasteiger partial charge is 0.326 e. The lowest BCUT2D eigenvalue weighted by molar-refractivity contribution is -0.121. The van der Waals surface area contributed by atoms with Crippen molar-refractivity contribution in [2.24, 2.45) is 5.92 Å². The van der Waals surface area contributed by atoms with Gasteiger partial charge in [0, 0.05) is 28.8 Å². The molecule has 1 saturated heterocycles. The van der Waals surface area contributed by atoms with Crippen molar-refractivity contribution in [1.82, 2.24) is 4.90 Å². The Balaban J connectivity index is 1.44. The van der Waals surface area contributed by atoms with Gasteiger partial charge in [0.15, 0.2) is 0 Å². The molecule has 144 valence electrons. The Labute approximate surface area is 175 Å². The fraction of sp³-hybridized carbons (Fsp3) is 0.261. The molecule has 28 heavy (non-hydrogen) atoms. The molecule has 1 aliphatic rings. The molecule has 1 atom stereocenters. The Morgan fingerprint density at radius 1 is 1.04 bits per heavy atom. The number of hydrogen-bond acceptors (Lipinski definition) is 2. The number of rotatable bonds is 4. The molecule has 0 radical (unpaired) electrons. The number of hydrogen-bond donors (Lipinski definition) is 1. The molecule has 0 aliphatic carbocycles. The summed E-state index contributed by atoms with van der Waals surface area (Å²) >= 11 is 12.1. The second-order valence-corrected chi connectivity index (χ2v) is 8.23. The van der Waals surface area contributed by atoms with Crippen molar-refractivity contribution in [1.29, 1.82) is 0 Å². The van der Waals surface area contributed by atoms with Crippen LogP contribution in [0.15, 0.2) is 60.7 Å². The molecule has 0 saturated carbocycles. The third kappa shape index (κ3) is 4.49. The van der Waals surface area contributed by atoms with Crippen molar-refractivity contribution in [3.05, 3.63) is 76.3 Å². The molecular formula is C23H22Cl2N2O. The van der Waals surface area contributed by atoms with Crippen molar-refractivity contribution in [3.8, 4) is 0 Å². The molecule has 1 unspecified atom stereocenters. The van der Waals surface area contributed by atoms with Gasteiger partial charge < -0.3 is 5.32 Å². The van der Waals surface area contributed by atoms with E-state index in [-0.39, 0.29) is 11.8 Å². The van der Waals surface area contributed by atoms with Gasteiger partial charge in [-0.15, -0.1) is 0 Å². The number of amides is 1. The van der Waals surface area contributed by atoms with Crippen molar-refractivity contribution in [2.45, 2.75) is 19.4 Å². The van der Waals surface area contributed by atoms with Crippen molar-refractivity contribution >= 4 is 45.6 Å². The van der Waals surface area contributed by atoms with Gasteiger partial charge in [0.1, 0.15) is 0 Å². The molecule has 3 aromatic carbocycles. The summed E-state index contributed by atoms with van der Waals surface area (Å²) in [5, 5.41) is 6.54. The SMILES string of the molecule is O=C(Nc1cc(Cl)cc(Cl)c1)C1CCCN(Cc2cccc3ccccc23)C1. The maximum Gasteiger partial charge on any atom is 0.228 e. The van der Waals surface area contributed by atoms with Gasteiger partial charge in [-0.05, 0) is 53.9 Å². The highest BCUT2D eigenvalue weighted by atomic mass is 35.5. The van der Waals surface area contributed by atoms with Crippen molar-refractivity contribution in [2.75, 3.05) is 18.4 Å². The number of nitrogens with one attached hydrogen (secondary N) is 1. The first-order valence-corrected chi connectivity index (χ1v) is 10.3. The average molecular weight is 413 g/mol. The summed E-state index contributed by atoms with van der Waals surface area (Å²) in [4.78, 5) is 15.2. The lowest BCUT2D eigenvalue weighted by atomic mass is 9.96. The number of likely N-dealkylation sites (tertiary alicyclic amines) is 1. The summed E-state index contributed by atoms with van der Waals surface area (Å²) in [6, 6.07) is 20.0. The van der Waals surface area contributed by atoms with E-state index in [1.165, 1.54) is 16.3 Å². The third-order valence-corrected chi connectivity index (χ3v) is 5.72. The number of nitrogens with zero attached hydrogens (tertiary/aromatic N) is 1. The number of benzene rings is 3. The molecule has 1 amide bonds. The molecule has 1 fully saturated rings. The minimum Gasteiger partial charge on any atom is -0.326 e. The highest BCUT2D eigenvalue weighted by molar-refractivity contribution is 6.35. The zero-order valence-electron chi connectivity index (χ0n) is 15.5. The fourth-order valence-corrected chi connectivity index (χ4v) is 4.48. The molecule has 5 heteroatoms. The van der Waals surface area contributed by atoms with E-state index >= 15 is 0 Å². The maximum atomic E-state index is 12.8. The first-order chi connectivity index (χ1) is 13.6. The van der Waals surface area contributed by atoms with Crippen LogP contribution in [0, 0.1) is 5.92 Å². The zero-order valence-corrected chi connectivity index (χ0v) is 17.0. The highest BCUT2D eigenvalue weighted by Crippen LogP contribution is 2.26. The number of anilines is 1. The van der Waals surface area contributed by atoms with Gasteiger partial charge in [-0.3, -0.25) is 9.69 Å². The third-order valence-electron chi connectivity index (χ3n) is 5.28. The zero-order chi connectivity index (χ0) is 19.5. The van der Waals surface area contributed by atoms with Crippen LogP contribution in [0.4, 0.5) is 5.69 Å². The lowest BCUT2D eigenvalue weighted by Crippen LogP contribution is -2.40. The molecule has 4 rings (SSSR count). The van der Waals surface area contributed by atoms with Gasteiger partial charge in [-0.2, -0.15) is 0 Å². The van der Waals surface area contributed by atoms with E-state index in [2.05, 4.69) is 52.7 Å². The highest BCUT2D eigenvalue weighted by Gasteiger charge is 2.26. The molecule has 3 aromatic rings. The summed E-state index contributed by atoms with van der Waals surface area (Å²) in [5.41, 5.74) is 1.95. The van der Waals surface area contributed by atoms with E-state index in [1.807, 2.05) is 0 Å². The first kappa shape index (κ1) is 19.3. The normalized spacial score (nSPS) is 17.6. The first-order valence-electron chi connectivity index (χ1n) is 9.54. The van der Waals surface area contributed by atoms with Crippen LogP contribution in [-0.4, -0.2) is 23.9 Å².